The van der Waals surface area contributed by atoms with E-state index in [2.05, 4.69) is 17.9 Å². The second-order valence-corrected chi connectivity index (χ2v) is 6.24. The molecule has 0 aromatic heterocycles. The molecule has 0 spiro atoms. The zero-order valence-corrected chi connectivity index (χ0v) is 13.6. The minimum atomic E-state index is -0.339. The Morgan fingerprint density at radius 3 is 2.95 bits per heavy atom. The largest absolute Gasteiger partial charge is 0.492 e. The number of alkyl halides is 1. The molecule has 0 saturated carbocycles. The molecule has 1 N–H and O–H groups in total. The molecule has 2 heterocycles. The molecule has 118 valence electrons. The van der Waals surface area contributed by atoms with Gasteiger partial charge in [-0.3, -0.25) is 19.8 Å². The summed E-state index contributed by atoms with van der Waals surface area (Å²) in [5, 5.41) is 2.22. The van der Waals surface area contributed by atoms with Gasteiger partial charge in [0.25, 0.3) is 0 Å². The fourth-order valence-corrected chi connectivity index (χ4v) is 3.57. The van der Waals surface area contributed by atoms with E-state index in [1.54, 1.807) is 0 Å². The van der Waals surface area contributed by atoms with E-state index in [4.69, 9.17) is 16.3 Å². The number of fused-ring (bicyclic) bond motifs is 1. The predicted octanol–water partition coefficient (Wildman–Crippen LogP) is 1.85. The van der Waals surface area contributed by atoms with Gasteiger partial charge in [0.1, 0.15) is 12.4 Å². The highest BCUT2D eigenvalue weighted by atomic mass is 35.5. The van der Waals surface area contributed by atoms with Crippen LogP contribution in [0.1, 0.15) is 29.3 Å². The van der Waals surface area contributed by atoms with E-state index in [1.807, 2.05) is 23.1 Å². The predicted molar refractivity (Wildman–Crippen MR) is 86.1 cm³/mol. The second-order valence-electron chi connectivity index (χ2n) is 5.37. The third kappa shape index (κ3) is 2.83. The number of benzene rings is 1. The van der Waals surface area contributed by atoms with Gasteiger partial charge in [0.15, 0.2) is 0 Å². The van der Waals surface area contributed by atoms with Crippen molar-refractivity contribution in [2.75, 3.05) is 12.5 Å². The maximum atomic E-state index is 12.1. The van der Waals surface area contributed by atoms with E-state index < -0.39 is 0 Å². The molecule has 0 bridgehead atoms. The van der Waals surface area contributed by atoms with Crippen LogP contribution in [0.5, 0.6) is 5.75 Å². The summed E-state index contributed by atoms with van der Waals surface area (Å²) in [4.78, 5) is 25.4. The van der Waals surface area contributed by atoms with E-state index in [0.717, 1.165) is 16.9 Å². The summed E-state index contributed by atoms with van der Waals surface area (Å²) in [6.07, 6.45) is 0.882. The number of ether oxygens (including phenoxy) is 1. The van der Waals surface area contributed by atoms with Crippen molar-refractivity contribution < 1.29 is 14.3 Å². The highest BCUT2D eigenvalue weighted by Crippen LogP contribution is 2.42. The van der Waals surface area contributed by atoms with Crippen molar-refractivity contribution in [2.24, 2.45) is 0 Å². The first-order valence-electron chi connectivity index (χ1n) is 7.20. The van der Waals surface area contributed by atoms with E-state index in [1.165, 1.54) is 0 Å². The Morgan fingerprint density at radius 1 is 1.41 bits per heavy atom. The maximum absolute atomic E-state index is 12.1. The van der Waals surface area contributed by atoms with Gasteiger partial charge in [-0.1, -0.05) is 12.1 Å². The van der Waals surface area contributed by atoms with Crippen molar-refractivity contribution in [2.45, 2.75) is 30.8 Å². The molecule has 3 rings (SSSR count). The first kappa shape index (κ1) is 15.6. The summed E-state index contributed by atoms with van der Waals surface area (Å²) < 4.78 is 5.68. The summed E-state index contributed by atoms with van der Waals surface area (Å²) in [6, 6.07) is 5.47. The summed E-state index contributed by atoms with van der Waals surface area (Å²) in [7, 11) is 0. The van der Waals surface area contributed by atoms with E-state index in [9.17, 15) is 9.59 Å². The molecule has 2 unspecified atom stereocenters. The fraction of sp³-hybridized carbons (Fsp3) is 0.467. The third-order valence-electron chi connectivity index (χ3n) is 4.05. The van der Waals surface area contributed by atoms with Gasteiger partial charge in [0, 0.05) is 18.5 Å². The average Bonchev–Trinajstić information content (AvgIpc) is 2.83. The number of imide groups is 1. The Balaban J connectivity index is 1.83. The summed E-state index contributed by atoms with van der Waals surface area (Å²) in [6.45, 7) is 1.02. The highest BCUT2D eigenvalue weighted by molar-refractivity contribution is 7.80. The van der Waals surface area contributed by atoms with Crippen LogP contribution in [0.25, 0.3) is 0 Å². The monoisotopic (exact) mass is 340 g/mol. The van der Waals surface area contributed by atoms with Gasteiger partial charge in [-0.15, -0.1) is 11.6 Å². The molecule has 1 fully saturated rings. The highest BCUT2D eigenvalue weighted by Gasteiger charge is 2.39. The van der Waals surface area contributed by atoms with Crippen LogP contribution in [0, 0.1) is 0 Å². The zero-order valence-electron chi connectivity index (χ0n) is 11.9. The molecule has 2 atom stereocenters. The summed E-state index contributed by atoms with van der Waals surface area (Å²) >= 11 is 10.3. The first-order chi connectivity index (χ1) is 10.6. The molecule has 5 nitrogen and oxygen atoms in total. The van der Waals surface area contributed by atoms with Gasteiger partial charge in [-0.25, -0.2) is 0 Å². The number of hydrogen-bond acceptors (Lipinski definition) is 5. The van der Waals surface area contributed by atoms with Gasteiger partial charge in [0.05, 0.1) is 17.3 Å². The van der Waals surface area contributed by atoms with Crippen LogP contribution in [0.3, 0.4) is 0 Å². The van der Waals surface area contributed by atoms with Gasteiger partial charge >= 0.3 is 0 Å². The molecule has 1 aromatic carbocycles. The number of nitrogens with zero attached hydrogens (tertiary/aromatic N) is 1. The number of piperidine rings is 1. The Labute approximate surface area is 139 Å². The lowest BCUT2D eigenvalue weighted by Gasteiger charge is -2.32. The lowest BCUT2D eigenvalue weighted by atomic mass is 10.0. The molecular weight excluding hydrogens is 324 g/mol. The van der Waals surface area contributed by atoms with E-state index in [0.29, 0.717) is 31.9 Å². The number of halogens is 1. The standard InChI is InChI=1S/C15H17ClN2O3S/c16-6-7-21-12-3-1-2-9-10(12)8-18(15(9)22)11-4-5-13(19)17-14(11)20/h1-3,11,15,22H,4-8H2,(H,17,19,20). The Morgan fingerprint density at radius 2 is 2.23 bits per heavy atom. The molecule has 7 heteroatoms. The molecule has 2 amide bonds. The number of nitrogens with one attached hydrogen (secondary N) is 1. The number of thiol groups is 1. The first-order valence-corrected chi connectivity index (χ1v) is 8.25. The van der Waals surface area contributed by atoms with E-state index >= 15 is 0 Å². The molecule has 22 heavy (non-hydrogen) atoms. The zero-order chi connectivity index (χ0) is 15.7. The van der Waals surface area contributed by atoms with Crippen LogP contribution in [-0.4, -0.2) is 35.2 Å². The minimum Gasteiger partial charge on any atom is -0.492 e. The quantitative estimate of drug-likeness (QED) is 0.499. The van der Waals surface area contributed by atoms with Gasteiger partial charge < -0.3 is 4.74 Å². The summed E-state index contributed by atoms with van der Waals surface area (Å²) in [5.74, 6) is 0.753. The number of amides is 2. The van der Waals surface area contributed by atoms with Crippen LogP contribution in [0.2, 0.25) is 0 Å². The van der Waals surface area contributed by atoms with Crippen molar-refractivity contribution in [1.29, 1.82) is 0 Å². The van der Waals surface area contributed by atoms with E-state index in [-0.39, 0.29) is 23.2 Å². The number of carbonyl (C=O) groups is 2. The third-order valence-corrected chi connectivity index (χ3v) is 4.78. The maximum Gasteiger partial charge on any atom is 0.243 e. The smallest absolute Gasteiger partial charge is 0.243 e. The van der Waals surface area contributed by atoms with Crippen LogP contribution in [-0.2, 0) is 16.1 Å². The molecular formula is C15H17ClN2O3S. The molecule has 1 aromatic rings. The van der Waals surface area contributed by atoms with Crippen molar-refractivity contribution in [3.05, 3.63) is 29.3 Å². The SMILES string of the molecule is O=C1CCC(N2Cc3c(OCCCl)cccc3C2S)C(=O)N1. The molecule has 0 aliphatic carbocycles. The Hall–Kier alpha value is -1.24. The second kappa shape index (κ2) is 6.48. The summed E-state index contributed by atoms with van der Waals surface area (Å²) in [5.41, 5.74) is 2.08. The lowest BCUT2D eigenvalue weighted by molar-refractivity contribution is -0.137. The Bertz CT molecular complexity index is 610. The number of hydrogen-bond donors (Lipinski definition) is 2. The number of carbonyl (C=O) groups excluding carboxylic acids is 2. The normalized spacial score (nSPS) is 25.0. The van der Waals surface area contributed by atoms with Gasteiger partial charge in [0.2, 0.25) is 11.8 Å². The van der Waals surface area contributed by atoms with Crippen LogP contribution in [0.15, 0.2) is 18.2 Å². The topological polar surface area (TPSA) is 58.6 Å². The number of rotatable bonds is 4. The molecule has 1 saturated heterocycles. The minimum absolute atomic E-state index is 0.182. The molecule has 0 radical (unpaired) electrons. The Kier molecular flexibility index (Phi) is 4.61. The fourth-order valence-electron chi connectivity index (χ4n) is 3.00. The van der Waals surface area contributed by atoms with Crippen molar-refractivity contribution in [3.8, 4) is 5.75 Å². The van der Waals surface area contributed by atoms with Crippen molar-refractivity contribution in [1.82, 2.24) is 10.2 Å². The molecule has 2 aliphatic rings. The van der Waals surface area contributed by atoms with Crippen molar-refractivity contribution >= 4 is 36.0 Å². The van der Waals surface area contributed by atoms with Crippen LogP contribution in [0.4, 0.5) is 0 Å². The van der Waals surface area contributed by atoms with Gasteiger partial charge in [-0.05, 0) is 18.1 Å². The van der Waals surface area contributed by atoms with Crippen LogP contribution < -0.4 is 10.1 Å². The van der Waals surface area contributed by atoms with Gasteiger partial charge in [-0.2, -0.15) is 12.6 Å². The van der Waals surface area contributed by atoms with Crippen LogP contribution >= 0.6 is 24.2 Å². The van der Waals surface area contributed by atoms with Crippen molar-refractivity contribution in [3.63, 3.8) is 0 Å². The average molecular weight is 341 g/mol. The lowest BCUT2D eigenvalue weighted by Crippen LogP contribution is -2.51. The molecule has 2 aliphatic heterocycles.